The van der Waals surface area contributed by atoms with E-state index >= 15 is 0 Å². The molecule has 2 N–H and O–H groups in total. The monoisotopic (exact) mass is 225 g/mol. The van der Waals surface area contributed by atoms with Crippen molar-refractivity contribution in [1.29, 1.82) is 0 Å². The van der Waals surface area contributed by atoms with E-state index < -0.39 is 0 Å². The van der Waals surface area contributed by atoms with Crippen LogP contribution in [0.1, 0.15) is 64.7 Å². The van der Waals surface area contributed by atoms with Gasteiger partial charge in [0.2, 0.25) is 0 Å². The lowest BCUT2D eigenvalue weighted by atomic mass is 9.93. The summed E-state index contributed by atoms with van der Waals surface area (Å²) >= 11 is 0. The van der Waals surface area contributed by atoms with Crippen LogP contribution >= 0.6 is 0 Å². The molecule has 1 atom stereocenters. The standard InChI is InChI=1S/C14H27NO/c1-14(11-16,10-12-8-9-12)15-13-6-4-2-3-5-7-13/h12-13,15-16H,2-11H2,1H3. The number of hydrogen-bond acceptors (Lipinski definition) is 2. The van der Waals surface area contributed by atoms with Crippen LogP contribution in [0.15, 0.2) is 0 Å². The predicted octanol–water partition coefficient (Wildman–Crippen LogP) is 2.85. The molecule has 0 bridgehead atoms. The summed E-state index contributed by atoms with van der Waals surface area (Å²) in [5, 5.41) is 13.3. The zero-order valence-electron chi connectivity index (χ0n) is 10.7. The van der Waals surface area contributed by atoms with Crippen LogP contribution in [0.2, 0.25) is 0 Å². The van der Waals surface area contributed by atoms with Gasteiger partial charge in [-0.2, -0.15) is 0 Å². The molecule has 2 fully saturated rings. The van der Waals surface area contributed by atoms with Gasteiger partial charge in [0, 0.05) is 11.6 Å². The zero-order valence-corrected chi connectivity index (χ0v) is 10.7. The molecule has 0 spiro atoms. The van der Waals surface area contributed by atoms with Crippen molar-refractivity contribution in [2.24, 2.45) is 5.92 Å². The molecule has 0 aromatic carbocycles. The van der Waals surface area contributed by atoms with Gasteiger partial charge in [0.15, 0.2) is 0 Å². The molecule has 2 rings (SSSR count). The van der Waals surface area contributed by atoms with E-state index in [1.807, 2.05) is 0 Å². The highest BCUT2D eigenvalue weighted by molar-refractivity contribution is 4.92. The van der Waals surface area contributed by atoms with Gasteiger partial charge in [0.05, 0.1) is 6.61 Å². The van der Waals surface area contributed by atoms with Crippen molar-refractivity contribution in [3.63, 3.8) is 0 Å². The van der Waals surface area contributed by atoms with Crippen molar-refractivity contribution in [1.82, 2.24) is 5.32 Å². The van der Waals surface area contributed by atoms with E-state index in [0.29, 0.717) is 12.6 Å². The molecule has 0 saturated heterocycles. The van der Waals surface area contributed by atoms with E-state index in [-0.39, 0.29) is 5.54 Å². The van der Waals surface area contributed by atoms with E-state index in [4.69, 9.17) is 0 Å². The number of hydrogen-bond donors (Lipinski definition) is 2. The van der Waals surface area contributed by atoms with Gasteiger partial charge in [0.25, 0.3) is 0 Å². The van der Waals surface area contributed by atoms with Gasteiger partial charge in [-0.05, 0) is 32.1 Å². The first-order valence-corrected chi connectivity index (χ1v) is 7.10. The second kappa shape index (κ2) is 5.50. The van der Waals surface area contributed by atoms with E-state index in [1.54, 1.807) is 0 Å². The largest absolute Gasteiger partial charge is 0.394 e. The zero-order chi connectivity index (χ0) is 11.4. The molecular weight excluding hydrogens is 198 g/mol. The molecule has 0 aliphatic heterocycles. The Morgan fingerprint density at radius 2 is 1.69 bits per heavy atom. The Labute approximate surface area is 99.8 Å². The van der Waals surface area contributed by atoms with Crippen molar-refractivity contribution in [2.75, 3.05) is 6.61 Å². The summed E-state index contributed by atoms with van der Waals surface area (Å²) in [5.74, 6) is 0.885. The molecule has 2 saturated carbocycles. The number of aliphatic hydroxyl groups is 1. The molecule has 0 amide bonds. The Kier molecular flexibility index (Phi) is 4.26. The first kappa shape index (κ1) is 12.4. The molecule has 94 valence electrons. The molecule has 16 heavy (non-hydrogen) atoms. The minimum atomic E-state index is -0.0177. The normalized spacial score (nSPS) is 27.4. The van der Waals surface area contributed by atoms with Gasteiger partial charge < -0.3 is 10.4 Å². The number of rotatable bonds is 5. The summed E-state index contributed by atoms with van der Waals surface area (Å²) in [6.45, 7) is 2.50. The van der Waals surface area contributed by atoms with Gasteiger partial charge in [-0.1, -0.05) is 38.5 Å². The molecule has 0 aromatic rings. The van der Waals surface area contributed by atoms with Crippen molar-refractivity contribution in [2.45, 2.75) is 76.3 Å². The lowest BCUT2D eigenvalue weighted by molar-refractivity contribution is 0.143. The van der Waals surface area contributed by atoms with Crippen LogP contribution in [0.5, 0.6) is 0 Å². The molecule has 1 unspecified atom stereocenters. The Morgan fingerprint density at radius 3 is 2.19 bits per heavy atom. The quantitative estimate of drug-likeness (QED) is 0.705. The van der Waals surface area contributed by atoms with Gasteiger partial charge in [-0.3, -0.25) is 0 Å². The van der Waals surface area contributed by atoms with Gasteiger partial charge in [0.1, 0.15) is 0 Å². The molecule has 0 aromatic heterocycles. The van der Waals surface area contributed by atoms with Gasteiger partial charge in [-0.15, -0.1) is 0 Å². The molecule has 2 aliphatic carbocycles. The van der Waals surface area contributed by atoms with E-state index in [9.17, 15) is 5.11 Å². The first-order valence-electron chi connectivity index (χ1n) is 7.10. The smallest absolute Gasteiger partial charge is 0.0610 e. The fourth-order valence-corrected chi connectivity index (χ4v) is 3.04. The summed E-state index contributed by atoms with van der Waals surface area (Å²) in [5.41, 5.74) is -0.0177. The SMILES string of the molecule is CC(CO)(CC1CC1)NC1CCCCCC1. The van der Waals surface area contributed by atoms with Crippen LogP contribution in [-0.2, 0) is 0 Å². The molecule has 2 aliphatic rings. The molecule has 2 nitrogen and oxygen atoms in total. The Balaban J connectivity index is 1.82. The van der Waals surface area contributed by atoms with E-state index in [0.717, 1.165) is 5.92 Å². The topological polar surface area (TPSA) is 32.3 Å². The van der Waals surface area contributed by atoms with Crippen molar-refractivity contribution in [3.8, 4) is 0 Å². The molecule has 0 radical (unpaired) electrons. The van der Waals surface area contributed by atoms with Crippen molar-refractivity contribution >= 4 is 0 Å². The first-order chi connectivity index (χ1) is 7.72. The fraction of sp³-hybridized carbons (Fsp3) is 1.00. The molecule has 2 heteroatoms. The van der Waals surface area contributed by atoms with Crippen LogP contribution in [0, 0.1) is 5.92 Å². The summed E-state index contributed by atoms with van der Waals surface area (Å²) in [6.07, 6.45) is 12.1. The van der Waals surface area contributed by atoms with Crippen LogP contribution in [-0.4, -0.2) is 23.3 Å². The Hall–Kier alpha value is -0.0800. The van der Waals surface area contributed by atoms with Gasteiger partial charge >= 0.3 is 0 Å². The van der Waals surface area contributed by atoms with Crippen molar-refractivity contribution < 1.29 is 5.11 Å². The van der Waals surface area contributed by atoms with E-state index in [1.165, 1.54) is 57.8 Å². The lowest BCUT2D eigenvalue weighted by Crippen LogP contribution is -2.51. The third-order valence-electron chi connectivity index (χ3n) is 4.19. The Bertz CT molecular complexity index is 207. The summed E-state index contributed by atoms with van der Waals surface area (Å²) in [4.78, 5) is 0. The molecular formula is C14H27NO. The van der Waals surface area contributed by atoms with Crippen LogP contribution < -0.4 is 5.32 Å². The second-order valence-corrected chi connectivity index (χ2v) is 6.20. The fourth-order valence-electron chi connectivity index (χ4n) is 3.04. The minimum Gasteiger partial charge on any atom is -0.394 e. The predicted molar refractivity (Wildman–Crippen MR) is 67.5 cm³/mol. The van der Waals surface area contributed by atoms with Crippen LogP contribution in [0.4, 0.5) is 0 Å². The third kappa shape index (κ3) is 3.74. The van der Waals surface area contributed by atoms with Gasteiger partial charge in [-0.25, -0.2) is 0 Å². The average Bonchev–Trinajstić information content (AvgIpc) is 3.06. The highest BCUT2D eigenvalue weighted by Crippen LogP contribution is 2.37. The highest BCUT2D eigenvalue weighted by atomic mass is 16.3. The summed E-state index contributed by atoms with van der Waals surface area (Å²) < 4.78 is 0. The summed E-state index contributed by atoms with van der Waals surface area (Å²) in [6, 6.07) is 0.651. The number of aliphatic hydroxyl groups excluding tert-OH is 1. The Morgan fingerprint density at radius 1 is 1.06 bits per heavy atom. The average molecular weight is 225 g/mol. The lowest BCUT2D eigenvalue weighted by Gasteiger charge is -2.33. The van der Waals surface area contributed by atoms with Crippen LogP contribution in [0.3, 0.4) is 0 Å². The molecule has 0 heterocycles. The second-order valence-electron chi connectivity index (χ2n) is 6.20. The summed E-state index contributed by atoms with van der Waals surface area (Å²) in [7, 11) is 0. The maximum atomic E-state index is 9.60. The maximum absolute atomic E-state index is 9.60. The minimum absolute atomic E-state index is 0.0177. The third-order valence-corrected chi connectivity index (χ3v) is 4.19. The maximum Gasteiger partial charge on any atom is 0.0610 e. The highest BCUT2D eigenvalue weighted by Gasteiger charge is 2.34. The van der Waals surface area contributed by atoms with E-state index in [2.05, 4.69) is 12.2 Å². The van der Waals surface area contributed by atoms with Crippen LogP contribution in [0.25, 0.3) is 0 Å². The number of nitrogens with one attached hydrogen (secondary N) is 1. The van der Waals surface area contributed by atoms with Crippen molar-refractivity contribution in [3.05, 3.63) is 0 Å².